The fourth-order valence-corrected chi connectivity index (χ4v) is 5.89. The molecule has 2 saturated carbocycles. The van der Waals surface area contributed by atoms with Crippen molar-refractivity contribution in [3.8, 4) is 11.1 Å². The number of pyridine rings is 1. The lowest BCUT2D eigenvalue weighted by Gasteiger charge is -2.24. The van der Waals surface area contributed by atoms with Crippen LogP contribution in [0.4, 0.5) is 16.3 Å². The number of anilines is 2. The van der Waals surface area contributed by atoms with Crippen LogP contribution >= 0.6 is 0 Å². The van der Waals surface area contributed by atoms with Crippen molar-refractivity contribution in [1.82, 2.24) is 9.88 Å². The normalized spacial score (nSPS) is 16.1. The number of aryl methyl sites for hydroxylation is 2. The van der Waals surface area contributed by atoms with Crippen LogP contribution < -0.4 is 10.6 Å². The average molecular weight is 579 g/mol. The zero-order chi connectivity index (χ0) is 30.3. The Kier molecular flexibility index (Phi) is 9.96. The molecule has 0 bridgehead atoms. The van der Waals surface area contributed by atoms with Crippen molar-refractivity contribution in [3.63, 3.8) is 0 Å². The van der Waals surface area contributed by atoms with E-state index in [1.165, 1.54) is 42.4 Å². The Labute approximate surface area is 257 Å². The van der Waals surface area contributed by atoms with Gasteiger partial charge in [0.05, 0.1) is 0 Å². The van der Waals surface area contributed by atoms with E-state index in [1.807, 2.05) is 42.3 Å². The Balaban J connectivity index is 0.000000181. The topological polar surface area (TPSA) is 74.3 Å². The lowest BCUT2D eigenvalue weighted by Crippen LogP contribution is -2.32. The predicted octanol–water partition coefficient (Wildman–Crippen LogP) is 9.27. The molecule has 1 aliphatic heterocycles. The Morgan fingerprint density at radius 3 is 2.19 bits per heavy atom. The molecule has 3 aromatic rings. The second-order valence-corrected chi connectivity index (χ2v) is 12.6. The van der Waals surface area contributed by atoms with Crippen LogP contribution in [0.15, 0.2) is 66.5 Å². The van der Waals surface area contributed by atoms with Gasteiger partial charge >= 0.3 is 6.03 Å². The van der Waals surface area contributed by atoms with Gasteiger partial charge in [-0.1, -0.05) is 50.1 Å². The molecule has 6 rings (SSSR count). The molecule has 226 valence electrons. The van der Waals surface area contributed by atoms with E-state index in [-0.39, 0.29) is 11.9 Å². The molecular formula is C37H46N4O2. The second kappa shape index (κ2) is 14.0. The molecule has 3 fully saturated rings. The predicted molar refractivity (Wildman–Crippen MR) is 177 cm³/mol. The molecule has 2 aromatic carbocycles. The van der Waals surface area contributed by atoms with E-state index in [9.17, 15) is 9.59 Å². The molecule has 1 saturated heterocycles. The van der Waals surface area contributed by atoms with Crippen LogP contribution in [0.5, 0.6) is 0 Å². The number of benzene rings is 2. The highest BCUT2D eigenvalue weighted by molar-refractivity contribution is 6.00. The number of likely N-dealkylation sites (tertiary alicyclic amines) is 1. The third-order valence-corrected chi connectivity index (χ3v) is 9.02. The minimum atomic E-state index is 0.0317. The molecule has 6 heteroatoms. The summed E-state index contributed by atoms with van der Waals surface area (Å²) in [6, 6.07) is 16.4. The van der Waals surface area contributed by atoms with E-state index in [4.69, 9.17) is 0 Å². The van der Waals surface area contributed by atoms with Crippen LogP contribution in [0.2, 0.25) is 0 Å². The second-order valence-electron chi connectivity index (χ2n) is 12.6. The molecule has 2 N–H and O–H groups in total. The first-order valence-corrected chi connectivity index (χ1v) is 16.0. The number of Topliss-reactive ketones (excluding diaryl/α,β-unsaturated/α-hetero) is 1. The third-order valence-electron chi connectivity index (χ3n) is 9.02. The van der Waals surface area contributed by atoms with Gasteiger partial charge in [0.2, 0.25) is 0 Å². The molecule has 0 atom stereocenters. The summed E-state index contributed by atoms with van der Waals surface area (Å²) in [5, 5.41) is 6.25. The molecule has 0 radical (unpaired) electrons. The Hall–Kier alpha value is -3.93. The van der Waals surface area contributed by atoms with Crippen LogP contribution in [0.1, 0.15) is 98.2 Å². The fraction of sp³-hybridized carbons (Fsp3) is 0.432. The number of hydrogen-bond acceptors (Lipinski definition) is 4. The maximum atomic E-state index is 12.5. The number of ketones is 1. The van der Waals surface area contributed by atoms with Crippen molar-refractivity contribution in [2.45, 2.75) is 85.0 Å². The minimum Gasteiger partial charge on any atom is -0.347 e. The number of allylic oxidation sites excluding steroid dienone is 1. The van der Waals surface area contributed by atoms with Crippen molar-refractivity contribution in [3.05, 3.63) is 88.8 Å². The molecule has 43 heavy (non-hydrogen) atoms. The van der Waals surface area contributed by atoms with Gasteiger partial charge in [-0.3, -0.25) is 4.79 Å². The number of rotatable bonds is 7. The van der Waals surface area contributed by atoms with Crippen LogP contribution in [-0.4, -0.2) is 34.8 Å². The third kappa shape index (κ3) is 7.73. The van der Waals surface area contributed by atoms with Gasteiger partial charge in [0.15, 0.2) is 5.78 Å². The van der Waals surface area contributed by atoms with Gasteiger partial charge in [0.1, 0.15) is 5.82 Å². The molecule has 6 nitrogen and oxygen atoms in total. The van der Waals surface area contributed by atoms with E-state index in [0.29, 0.717) is 11.7 Å². The molecule has 2 amide bonds. The Morgan fingerprint density at radius 2 is 1.63 bits per heavy atom. The van der Waals surface area contributed by atoms with E-state index in [0.717, 1.165) is 72.5 Å². The van der Waals surface area contributed by atoms with Crippen molar-refractivity contribution in [2.24, 2.45) is 5.92 Å². The first kappa shape index (κ1) is 30.5. The largest absolute Gasteiger partial charge is 0.347 e. The summed E-state index contributed by atoms with van der Waals surface area (Å²) in [6.45, 7) is 10.3. The van der Waals surface area contributed by atoms with Gasteiger partial charge in [0, 0.05) is 48.2 Å². The number of nitrogens with zero attached hydrogens (tertiary/aromatic N) is 2. The van der Waals surface area contributed by atoms with E-state index in [1.54, 1.807) is 0 Å². The monoisotopic (exact) mass is 578 g/mol. The fourth-order valence-electron chi connectivity index (χ4n) is 5.89. The maximum Gasteiger partial charge on any atom is 0.321 e. The van der Waals surface area contributed by atoms with Crippen LogP contribution in [0, 0.1) is 19.8 Å². The zero-order valence-electron chi connectivity index (χ0n) is 26.2. The minimum absolute atomic E-state index is 0.0317. The quantitative estimate of drug-likeness (QED) is 0.274. The average Bonchev–Trinajstić information content (AvgIpc) is 3.47. The molecule has 3 aliphatic rings. The first-order valence-electron chi connectivity index (χ1n) is 16.0. The van der Waals surface area contributed by atoms with Crippen molar-refractivity contribution >= 4 is 23.3 Å². The summed E-state index contributed by atoms with van der Waals surface area (Å²) in [6.07, 6.45) is 13.2. The van der Waals surface area contributed by atoms with Crippen LogP contribution in [-0.2, 0) is 0 Å². The smallest absolute Gasteiger partial charge is 0.321 e. The summed E-state index contributed by atoms with van der Waals surface area (Å²) >= 11 is 0. The lowest BCUT2D eigenvalue weighted by atomic mass is 9.79. The summed E-state index contributed by atoms with van der Waals surface area (Å²) < 4.78 is 0. The number of amides is 2. The van der Waals surface area contributed by atoms with Crippen LogP contribution in [0.25, 0.3) is 11.1 Å². The maximum absolute atomic E-state index is 12.5. The highest BCUT2D eigenvalue weighted by Crippen LogP contribution is 2.32. The van der Waals surface area contributed by atoms with Gasteiger partial charge in [-0.2, -0.15) is 0 Å². The van der Waals surface area contributed by atoms with Gasteiger partial charge < -0.3 is 15.5 Å². The summed E-state index contributed by atoms with van der Waals surface area (Å²) in [5.74, 6) is 1.96. The first-order chi connectivity index (χ1) is 20.8. The number of aromatic nitrogens is 1. The lowest BCUT2D eigenvalue weighted by molar-refractivity contribution is 0.0854. The molecule has 0 spiro atoms. The molecule has 2 aliphatic carbocycles. The molecular weight excluding hydrogens is 532 g/mol. The standard InChI is InChI=1S/C22H24N2O.C15H22N2O/c1-15-12-18(8-10-20(15)22(25)17-6-3-7-17)19-9-11-21(24-14-19)23-13-16-4-2-5-16;1-11(2)14-7-6-13(10-12(14)3)16-15(18)17-8-4-5-9-17/h8-14,17H,2-7H2,1H3,(H,23,24);6-7,10-11H,4-5,8-9H2,1-3H3,(H,16,18). The van der Waals surface area contributed by atoms with Gasteiger partial charge in [-0.15, -0.1) is 0 Å². The van der Waals surface area contributed by atoms with Gasteiger partial charge in [-0.25, -0.2) is 9.78 Å². The van der Waals surface area contributed by atoms with Crippen molar-refractivity contribution in [2.75, 3.05) is 23.7 Å². The number of urea groups is 1. The number of nitrogens with one attached hydrogen (secondary N) is 2. The Bertz CT molecular complexity index is 1460. The molecule has 1 aromatic heterocycles. The van der Waals surface area contributed by atoms with Crippen molar-refractivity contribution < 1.29 is 9.59 Å². The molecule has 2 heterocycles. The van der Waals surface area contributed by atoms with E-state index >= 15 is 0 Å². The van der Waals surface area contributed by atoms with Crippen LogP contribution in [0.3, 0.4) is 0 Å². The van der Waals surface area contributed by atoms with Gasteiger partial charge in [-0.05, 0) is 111 Å². The van der Waals surface area contributed by atoms with Crippen molar-refractivity contribution in [1.29, 1.82) is 0 Å². The number of carbonyl (C=O) groups excluding carboxylic acids is 2. The SMILES string of the molecule is Cc1cc(-c2ccc(NC=C3CCC3)nc2)ccc1C(=O)C1CCC1.Cc1cc(NC(=O)N2CCCC2)ccc1C(C)C. The highest BCUT2D eigenvalue weighted by Gasteiger charge is 2.27. The van der Waals surface area contributed by atoms with Gasteiger partial charge in [0.25, 0.3) is 0 Å². The Morgan fingerprint density at radius 1 is 0.884 bits per heavy atom. The number of carbonyl (C=O) groups is 2. The molecule has 0 unspecified atom stereocenters. The summed E-state index contributed by atoms with van der Waals surface area (Å²) in [4.78, 5) is 30.8. The number of hydrogen-bond donors (Lipinski definition) is 2. The highest BCUT2D eigenvalue weighted by atomic mass is 16.2. The summed E-state index contributed by atoms with van der Waals surface area (Å²) in [5.41, 5.74) is 9.07. The summed E-state index contributed by atoms with van der Waals surface area (Å²) in [7, 11) is 0. The van der Waals surface area contributed by atoms with E-state index < -0.39 is 0 Å². The van der Waals surface area contributed by atoms with E-state index in [2.05, 4.69) is 66.9 Å². The zero-order valence-corrected chi connectivity index (χ0v) is 26.2.